The summed E-state index contributed by atoms with van der Waals surface area (Å²) >= 11 is 17.4. The molecule has 0 radical (unpaired) electrons. The van der Waals surface area contributed by atoms with Crippen LogP contribution in [0.25, 0.3) is 0 Å². The van der Waals surface area contributed by atoms with E-state index in [1.807, 2.05) is 0 Å². The summed E-state index contributed by atoms with van der Waals surface area (Å²) in [4.78, 5) is 12.3. The lowest BCUT2D eigenvalue weighted by Gasteiger charge is -2.17. The Balaban J connectivity index is 2.19. The maximum absolute atomic E-state index is 12.3. The largest absolute Gasteiger partial charge is 0.273 e. The first-order valence-corrected chi connectivity index (χ1v) is 9.31. The molecule has 0 heterocycles. The smallest absolute Gasteiger partial charge is 0.244 e. The summed E-state index contributed by atoms with van der Waals surface area (Å²) < 4.78 is 25.7. The normalized spacial score (nSPS) is 16.5. The molecule has 1 saturated carbocycles. The van der Waals surface area contributed by atoms with Gasteiger partial charge in [-0.05, 0) is 37.0 Å². The van der Waals surface area contributed by atoms with Crippen LogP contribution in [0.4, 0.5) is 0 Å². The maximum atomic E-state index is 12.3. The van der Waals surface area contributed by atoms with Crippen molar-refractivity contribution in [2.45, 2.75) is 24.7 Å². The number of amides is 1. The van der Waals surface area contributed by atoms with E-state index in [0.29, 0.717) is 34.9 Å². The van der Waals surface area contributed by atoms with Gasteiger partial charge in [-0.3, -0.25) is 9.52 Å². The van der Waals surface area contributed by atoms with E-state index < -0.39 is 21.3 Å². The topological polar surface area (TPSA) is 63.2 Å². The highest BCUT2D eigenvalue weighted by atomic mass is 35.5. The molecular weight excluding hydrogens is 357 g/mol. The highest BCUT2D eigenvalue weighted by Gasteiger charge is 2.53. The Morgan fingerprint density at radius 2 is 1.95 bits per heavy atom. The Labute approximate surface area is 138 Å². The van der Waals surface area contributed by atoms with Crippen LogP contribution in [0.5, 0.6) is 0 Å². The van der Waals surface area contributed by atoms with Crippen molar-refractivity contribution in [2.24, 2.45) is 0 Å². The molecule has 1 aliphatic carbocycles. The molecule has 116 valence electrons. The molecule has 0 unspecified atom stereocenters. The second-order valence-corrected chi connectivity index (χ2v) is 8.06. The van der Waals surface area contributed by atoms with Gasteiger partial charge in [0.15, 0.2) is 0 Å². The molecule has 0 aliphatic heterocycles. The van der Waals surface area contributed by atoms with Gasteiger partial charge in [0.25, 0.3) is 0 Å². The third-order valence-corrected chi connectivity index (χ3v) is 5.56. The maximum Gasteiger partial charge on any atom is 0.244 e. The van der Waals surface area contributed by atoms with Gasteiger partial charge in [0.1, 0.15) is 0 Å². The van der Waals surface area contributed by atoms with Crippen molar-refractivity contribution in [1.82, 2.24) is 4.72 Å². The average molecular weight is 371 g/mol. The SMILES string of the molecule is O=C(NS(=O)(=O)CCCCl)C1(c2ccc(Cl)cc2Cl)CC1. The quantitative estimate of drug-likeness (QED) is 0.783. The van der Waals surface area contributed by atoms with Gasteiger partial charge in [0.05, 0.1) is 11.2 Å². The van der Waals surface area contributed by atoms with Gasteiger partial charge in [-0.1, -0.05) is 29.3 Å². The fraction of sp³-hybridized carbons (Fsp3) is 0.462. The van der Waals surface area contributed by atoms with Crippen LogP contribution in [-0.2, 0) is 20.2 Å². The predicted molar refractivity (Wildman–Crippen MR) is 84.6 cm³/mol. The van der Waals surface area contributed by atoms with Gasteiger partial charge in [-0.15, -0.1) is 11.6 Å². The van der Waals surface area contributed by atoms with E-state index in [0.717, 1.165) is 0 Å². The van der Waals surface area contributed by atoms with Crippen LogP contribution in [0.2, 0.25) is 10.0 Å². The minimum atomic E-state index is -3.67. The molecule has 1 N–H and O–H groups in total. The number of rotatable bonds is 6. The van der Waals surface area contributed by atoms with Crippen LogP contribution in [-0.4, -0.2) is 26.0 Å². The van der Waals surface area contributed by atoms with E-state index >= 15 is 0 Å². The number of benzene rings is 1. The molecule has 0 aromatic heterocycles. The number of halogens is 3. The monoisotopic (exact) mass is 369 g/mol. The standard InChI is InChI=1S/C13H14Cl3NO3S/c14-6-1-7-21(19,20)17-12(18)13(4-5-13)10-3-2-9(15)8-11(10)16/h2-3,8H,1,4-7H2,(H,17,18). The Hall–Kier alpha value is -0.490. The van der Waals surface area contributed by atoms with Gasteiger partial charge < -0.3 is 0 Å². The highest BCUT2D eigenvalue weighted by Crippen LogP contribution is 2.51. The molecule has 0 saturated heterocycles. The summed E-state index contributed by atoms with van der Waals surface area (Å²) in [6.45, 7) is 0. The lowest BCUT2D eigenvalue weighted by molar-refractivity contribution is -0.121. The van der Waals surface area contributed by atoms with Crippen molar-refractivity contribution in [3.63, 3.8) is 0 Å². The lowest BCUT2D eigenvalue weighted by atomic mass is 9.95. The van der Waals surface area contributed by atoms with Crippen molar-refractivity contribution in [3.05, 3.63) is 33.8 Å². The number of nitrogens with one attached hydrogen (secondary N) is 1. The van der Waals surface area contributed by atoms with Crippen molar-refractivity contribution < 1.29 is 13.2 Å². The number of hydrogen-bond acceptors (Lipinski definition) is 3. The molecule has 4 nitrogen and oxygen atoms in total. The van der Waals surface area contributed by atoms with Crippen LogP contribution in [0.1, 0.15) is 24.8 Å². The van der Waals surface area contributed by atoms with Crippen LogP contribution in [0, 0.1) is 0 Å². The third kappa shape index (κ3) is 3.83. The summed E-state index contributed by atoms with van der Waals surface area (Å²) in [6.07, 6.45) is 1.41. The van der Waals surface area contributed by atoms with Crippen molar-refractivity contribution in [2.75, 3.05) is 11.6 Å². The van der Waals surface area contributed by atoms with Gasteiger partial charge in [-0.2, -0.15) is 0 Å². The Bertz CT molecular complexity index is 657. The number of alkyl halides is 1. The van der Waals surface area contributed by atoms with Crippen LogP contribution in [0.3, 0.4) is 0 Å². The van der Waals surface area contributed by atoms with Crippen molar-refractivity contribution >= 4 is 50.7 Å². The predicted octanol–water partition coefficient (Wildman–Crippen LogP) is 3.10. The van der Waals surface area contributed by atoms with Crippen LogP contribution < -0.4 is 4.72 Å². The molecule has 1 aromatic rings. The molecule has 1 aliphatic rings. The first-order chi connectivity index (χ1) is 9.81. The molecule has 21 heavy (non-hydrogen) atoms. The van der Waals surface area contributed by atoms with E-state index in [2.05, 4.69) is 4.72 Å². The molecular formula is C13H14Cl3NO3S. The lowest BCUT2D eigenvalue weighted by Crippen LogP contribution is -2.40. The number of carbonyl (C=O) groups excluding carboxylic acids is 1. The van der Waals surface area contributed by atoms with Crippen molar-refractivity contribution in [3.8, 4) is 0 Å². The fourth-order valence-corrected chi connectivity index (χ4v) is 4.14. The zero-order valence-corrected chi connectivity index (χ0v) is 14.1. The van der Waals surface area contributed by atoms with Crippen LogP contribution >= 0.6 is 34.8 Å². The molecule has 0 atom stereocenters. The minimum absolute atomic E-state index is 0.174. The van der Waals surface area contributed by atoms with Gasteiger partial charge in [0.2, 0.25) is 15.9 Å². The number of hydrogen-bond donors (Lipinski definition) is 1. The Morgan fingerprint density at radius 3 is 2.48 bits per heavy atom. The van der Waals surface area contributed by atoms with E-state index in [-0.39, 0.29) is 11.6 Å². The summed E-state index contributed by atoms with van der Waals surface area (Å²) in [7, 11) is -3.67. The minimum Gasteiger partial charge on any atom is -0.273 e. The van der Waals surface area contributed by atoms with Crippen LogP contribution in [0.15, 0.2) is 18.2 Å². The van der Waals surface area contributed by atoms with E-state index in [9.17, 15) is 13.2 Å². The molecule has 8 heteroatoms. The zero-order chi connectivity index (χ0) is 15.7. The second-order valence-electron chi connectivity index (χ2n) is 5.00. The summed E-state index contributed by atoms with van der Waals surface area (Å²) in [5.41, 5.74) is -0.256. The number of carbonyl (C=O) groups is 1. The molecule has 1 aromatic carbocycles. The van der Waals surface area contributed by atoms with Crippen molar-refractivity contribution in [1.29, 1.82) is 0 Å². The van der Waals surface area contributed by atoms with E-state index in [4.69, 9.17) is 34.8 Å². The van der Waals surface area contributed by atoms with Gasteiger partial charge in [-0.25, -0.2) is 8.42 Å². The number of sulfonamides is 1. The second kappa shape index (κ2) is 6.32. The first-order valence-electron chi connectivity index (χ1n) is 6.37. The van der Waals surface area contributed by atoms with E-state index in [1.54, 1.807) is 18.2 Å². The Morgan fingerprint density at radius 1 is 1.29 bits per heavy atom. The highest BCUT2D eigenvalue weighted by molar-refractivity contribution is 7.90. The summed E-state index contributed by atoms with van der Waals surface area (Å²) in [6, 6.07) is 4.86. The molecule has 1 fully saturated rings. The molecule has 0 bridgehead atoms. The average Bonchev–Trinajstić information content (AvgIpc) is 3.17. The van der Waals surface area contributed by atoms with E-state index in [1.165, 1.54) is 0 Å². The van der Waals surface area contributed by atoms with Gasteiger partial charge >= 0.3 is 0 Å². The summed E-state index contributed by atoms with van der Waals surface area (Å²) in [5, 5.41) is 0.836. The summed E-state index contributed by atoms with van der Waals surface area (Å²) in [5.74, 6) is -0.489. The third-order valence-electron chi connectivity index (χ3n) is 3.43. The molecule has 0 spiro atoms. The molecule has 1 amide bonds. The Kier molecular flexibility index (Phi) is 5.08. The zero-order valence-electron chi connectivity index (χ0n) is 11.0. The molecule has 2 rings (SSSR count). The van der Waals surface area contributed by atoms with Gasteiger partial charge in [0, 0.05) is 15.9 Å². The first kappa shape index (κ1) is 16.9. The fourth-order valence-electron chi connectivity index (χ4n) is 2.16.